The molecule has 0 fully saturated rings. The Balaban J connectivity index is 2.24. The van der Waals surface area contributed by atoms with Gasteiger partial charge in [-0.25, -0.2) is 0 Å². The minimum atomic E-state index is -0.107. The molecule has 0 aliphatic carbocycles. The summed E-state index contributed by atoms with van der Waals surface area (Å²) >= 11 is 0. The van der Waals surface area contributed by atoms with E-state index in [0.717, 1.165) is 0 Å². The first kappa shape index (κ1) is 12.5. The zero-order chi connectivity index (χ0) is 13.8. The van der Waals surface area contributed by atoms with Crippen molar-refractivity contribution in [2.45, 2.75) is 0 Å². The Kier molecular flexibility index (Phi) is 3.35. The van der Waals surface area contributed by atoms with Crippen LogP contribution in [0.5, 0.6) is 5.75 Å². The van der Waals surface area contributed by atoms with Gasteiger partial charge in [-0.1, -0.05) is 0 Å². The number of likely N-dealkylation sites (N-methyl/N-ethyl adjacent to an activating group) is 1. The van der Waals surface area contributed by atoms with E-state index in [1.807, 2.05) is 0 Å². The number of hydrogen-bond donors (Lipinski definition) is 1. The number of anilines is 2. The van der Waals surface area contributed by atoms with Crippen molar-refractivity contribution in [3.05, 3.63) is 30.0 Å². The van der Waals surface area contributed by atoms with Crippen LogP contribution in [0.3, 0.4) is 0 Å². The molecule has 0 atom stereocenters. The fraction of sp³-hybridized carbons (Fsp3) is 0.154. The number of fused-ring (bicyclic) bond motifs is 1. The third kappa shape index (κ3) is 2.48. The number of nitriles is 2. The van der Waals surface area contributed by atoms with Gasteiger partial charge in [-0.15, -0.1) is 0 Å². The van der Waals surface area contributed by atoms with Gasteiger partial charge in [0, 0.05) is 25.0 Å². The Hall–Kier alpha value is -2.99. The molecule has 1 amide bonds. The Morgan fingerprint density at radius 3 is 2.89 bits per heavy atom. The Morgan fingerprint density at radius 1 is 1.47 bits per heavy atom. The second kappa shape index (κ2) is 5.11. The summed E-state index contributed by atoms with van der Waals surface area (Å²) in [6.45, 7) is 0.00440. The smallest absolute Gasteiger partial charge is 0.264 e. The van der Waals surface area contributed by atoms with Gasteiger partial charge in [-0.05, 0) is 12.1 Å². The highest BCUT2D eigenvalue weighted by Gasteiger charge is 2.21. The summed E-state index contributed by atoms with van der Waals surface area (Å²) in [6.07, 6.45) is 1.32. The van der Waals surface area contributed by atoms with Crippen LogP contribution in [-0.2, 0) is 4.79 Å². The lowest BCUT2D eigenvalue weighted by Gasteiger charge is -2.26. The van der Waals surface area contributed by atoms with Crippen molar-refractivity contribution < 1.29 is 9.53 Å². The highest BCUT2D eigenvalue weighted by atomic mass is 16.5. The first-order valence-electron chi connectivity index (χ1n) is 5.46. The van der Waals surface area contributed by atoms with Crippen LogP contribution in [0.1, 0.15) is 0 Å². The summed E-state index contributed by atoms with van der Waals surface area (Å²) in [5, 5.41) is 20.1. The molecular formula is C13H10N4O2. The number of hydrogen-bond acceptors (Lipinski definition) is 5. The van der Waals surface area contributed by atoms with E-state index in [-0.39, 0.29) is 18.1 Å². The van der Waals surface area contributed by atoms with Crippen LogP contribution in [0.2, 0.25) is 0 Å². The molecular weight excluding hydrogens is 244 g/mol. The number of benzene rings is 1. The van der Waals surface area contributed by atoms with Gasteiger partial charge in [-0.2, -0.15) is 10.5 Å². The van der Waals surface area contributed by atoms with Crippen molar-refractivity contribution in [2.24, 2.45) is 0 Å². The van der Waals surface area contributed by atoms with E-state index in [1.54, 1.807) is 37.4 Å². The second-order valence-corrected chi connectivity index (χ2v) is 3.85. The van der Waals surface area contributed by atoms with Gasteiger partial charge < -0.3 is 15.0 Å². The van der Waals surface area contributed by atoms with Crippen LogP contribution >= 0.6 is 0 Å². The summed E-state index contributed by atoms with van der Waals surface area (Å²) in [5.41, 5.74) is 1.34. The number of ether oxygens (including phenoxy) is 1. The minimum Gasteiger partial charge on any atom is -0.481 e. The molecule has 2 rings (SSSR count). The normalized spacial score (nSPS) is 12.6. The van der Waals surface area contributed by atoms with E-state index < -0.39 is 0 Å². The highest BCUT2D eigenvalue weighted by Crippen LogP contribution is 2.33. The van der Waals surface area contributed by atoms with Crippen molar-refractivity contribution in [1.82, 2.24) is 0 Å². The Labute approximate surface area is 110 Å². The molecule has 1 aliphatic heterocycles. The molecule has 1 N–H and O–H groups in total. The summed E-state index contributed by atoms with van der Waals surface area (Å²) < 4.78 is 5.32. The van der Waals surface area contributed by atoms with E-state index in [1.165, 1.54) is 11.1 Å². The molecule has 6 nitrogen and oxygen atoms in total. The molecule has 1 heterocycles. The molecule has 94 valence electrons. The number of nitrogens with zero attached hydrogens (tertiary/aromatic N) is 3. The first-order valence-corrected chi connectivity index (χ1v) is 5.46. The number of amides is 1. The lowest BCUT2D eigenvalue weighted by molar-refractivity contribution is -0.120. The van der Waals surface area contributed by atoms with Crippen LogP contribution in [0.15, 0.2) is 30.0 Å². The maximum Gasteiger partial charge on any atom is 0.264 e. The lowest BCUT2D eigenvalue weighted by atomic mass is 10.2. The van der Waals surface area contributed by atoms with Crippen LogP contribution in [0.25, 0.3) is 0 Å². The molecule has 1 aromatic rings. The number of carbonyl (C=O) groups is 1. The minimum absolute atomic E-state index is 0.00440. The Bertz CT molecular complexity index is 621. The summed E-state index contributed by atoms with van der Waals surface area (Å²) in [6, 6.07) is 8.68. The van der Waals surface area contributed by atoms with E-state index in [4.69, 9.17) is 15.3 Å². The highest BCUT2D eigenvalue weighted by molar-refractivity contribution is 5.97. The van der Waals surface area contributed by atoms with Crippen LogP contribution in [0, 0.1) is 22.7 Å². The molecule has 1 aromatic carbocycles. The molecule has 0 unspecified atom stereocenters. The maximum absolute atomic E-state index is 11.4. The van der Waals surface area contributed by atoms with Crippen LogP contribution in [-0.4, -0.2) is 19.6 Å². The van der Waals surface area contributed by atoms with Gasteiger partial charge in [-0.3, -0.25) is 4.79 Å². The van der Waals surface area contributed by atoms with E-state index >= 15 is 0 Å². The summed E-state index contributed by atoms with van der Waals surface area (Å²) in [4.78, 5) is 13.0. The van der Waals surface area contributed by atoms with Crippen LogP contribution in [0.4, 0.5) is 11.4 Å². The number of nitrogens with one attached hydrogen (secondary N) is 1. The number of rotatable bonds is 2. The first-order chi connectivity index (χ1) is 9.15. The van der Waals surface area contributed by atoms with E-state index in [9.17, 15) is 4.79 Å². The van der Waals surface area contributed by atoms with Crippen molar-refractivity contribution >= 4 is 17.3 Å². The fourth-order valence-electron chi connectivity index (χ4n) is 1.61. The van der Waals surface area contributed by atoms with Gasteiger partial charge in [0.15, 0.2) is 6.61 Å². The summed E-state index contributed by atoms with van der Waals surface area (Å²) in [5.74, 6) is 0.473. The van der Waals surface area contributed by atoms with Gasteiger partial charge in [0.2, 0.25) is 0 Å². The quantitative estimate of drug-likeness (QED) is 0.805. The lowest BCUT2D eigenvalue weighted by Crippen LogP contribution is -2.35. The Morgan fingerprint density at radius 2 is 2.21 bits per heavy atom. The zero-order valence-electron chi connectivity index (χ0n) is 10.2. The SMILES string of the molecule is CN1C(=O)COc2cc(NC=C(C#N)C#N)ccc21. The average molecular weight is 254 g/mol. The van der Waals surface area contributed by atoms with Gasteiger partial charge in [0.1, 0.15) is 23.5 Å². The number of allylic oxidation sites excluding steroid dienone is 1. The van der Waals surface area contributed by atoms with Crippen molar-refractivity contribution in [1.29, 1.82) is 10.5 Å². The summed E-state index contributed by atoms with van der Waals surface area (Å²) in [7, 11) is 1.68. The second-order valence-electron chi connectivity index (χ2n) is 3.85. The maximum atomic E-state index is 11.4. The van der Waals surface area contributed by atoms with Gasteiger partial charge >= 0.3 is 0 Å². The average Bonchev–Trinajstić information content (AvgIpc) is 2.44. The van der Waals surface area contributed by atoms with E-state index in [0.29, 0.717) is 17.1 Å². The van der Waals surface area contributed by atoms with Crippen molar-refractivity contribution in [3.63, 3.8) is 0 Å². The molecule has 0 saturated carbocycles. The topological polar surface area (TPSA) is 89.2 Å². The zero-order valence-corrected chi connectivity index (χ0v) is 10.2. The molecule has 19 heavy (non-hydrogen) atoms. The molecule has 0 bridgehead atoms. The molecule has 0 aromatic heterocycles. The fourth-order valence-corrected chi connectivity index (χ4v) is 1.61. The monoisotopic (exact) mass is 254 g/mol. The van der Waals surface area contributed by atoms with Gasteiger partial charge in [0.25, 0.3) is 5.91 Å². The van der Waals surface area contributed by atoms with E-state index in [2.05, 4.69) is 5.32 Å². The third-order valence-corrected chi connectivity index (χ3v) is 2.67. The standard InChI is InChI=1S/C13H10N4O2/c1-17-11-3-2-10(16-7-9(5-14)6-15)4-12(11)19-8-13(17)18/h2-4,7,16H,8H2,1H3. The molecule has 1 aliphatic rings. The molecule has 0 radical (unpaired) electrons. The predicted molar refractivity (Wildman–Crippen MR) is 68.3 cm³/mol. The molecule has 0 saturated heterocycles. The van der Waals surface area contributed by atoms with Crippen molar-refractivity contribution in [2.75, 3.05) is 23.9 Å². The largest absolute Gasteiger partial charge is 0.481 e. The third-order valence-electron chi connectivity index (χ3n) is 2.67. The molecule has 0 spiro atoms. The van der Waals surface area contributed by atoms with Gasteiger partial charge in [0.05, 0.1) is 5.69 Å². The van der Waals surface area contributed by atoms with Crippen LogP contribution < -0.4 is 15.0 Å². The number of carbonyl (C=O) groups excluding carboxylic acids is 1. The van der Waals surface area contributed by atoms with Crippen molar-refractivity contribution in [3.8, 4) is 17.9 Å². The molecule has 6 heteroatoms. The predicted octanol–water partition coefficient (Wildman–Crippen LogP) is 1.38.